The number of anilines is 1. The van der Waals surface area contributed by atoms with Gasteiger partial charge in [0.1, 0.15) is 5.75 Å². The van der Waals surface area contributed by atoms with E-state index < -0.39 is 0 Å². The van der Waals surface area contributed by atoms with Crippen LogP contribution in [-0.2, 0) is 11.2 Å². The molecule has 0 saturated carbocycles. The van der Waals surface area contributed by atoms with Crippen LogP contribution in [0.25, 0.3) is 0 Å². The number of benzene rings is 2. The Hall–Kier alpha value is -2.11. The Morgan fingerprint density at radius 1 is 1.24 bits per heavy atom. The molecule has 1 amide bonds. The Labute approximate surface area is 158 Å². The van der Waals surface area contributed by atoms with Gasteiger partial charge in [-0.15, -0.1) is 0 Å². The molecule has 4 nitrogen and oxygen atoms in total. The van der Waals surface area contributed by atoms with Crippen LogP contribution in [0.2, 0.25) is 5.02 Å². The van der Waals surface area contributed by atoms with Gasteiger partial charge >= 0.3 is 0 Å². The molecule has 0 fully saturated rings. The molecule has 2 aromatic carbocycles. The van der Waals surface area contributed by atoms with Crippen LogP contribution in [-0.4, -0.2) is 16.1 Å². The van der Waals surface area contributed by atoms with Crippen molar-refractivity contribution >= 4 is 40.5 Å². The number of hydrogen-bond donors (Lipinski definition) is 3. The summed E-state index contributed by atoms with van der Waals surface area (Å²) in [7, 11) is 0. The molecule has 0 saturated heterocycles. The molecule has 0 aliphatic carbocycles. The second kappa shape index (κ2) is 8.83. The van der Waals surface area contributed by atoms with E-state index in [4.69, 9.17) is 23.8 Å². The lowest BCUT2D eigenvalue weighted by Crippen LogP contribution is -2.35. The minimum Gasteiger partial charge on any atom is -0.506 e. The van der Waals surface area contributed by atoms with Gasteiger partial charge in [-0.1, -0.05) is 43.6 Å². The Kier molecular flexibility index (Phi) is 6.79. The number of amides is 1. The molecule has 3 N–H and O–H groups in total. The van der Waals surface area contributed by atoms with Crippen molar-refractivity contribution < 1.29 is 9.90 Å². The topological polar surface area (TPSA) is 61.4 Å². The van der Waals surface area contributed by atoms with E-state index >= 15 is 0 Å². The number of thiocarbonyl (C=S) groups is 1. The molecule has 0 heterocycles. The van der Waals surface area contributed by atoms with Crippen molar-refractivity contribution in [3.8, 4) is 5.75 Å². The molecule has 0 aromatic heterocycles. The Morgan fingerprint density at radius 2 is 1.92 bits per heavy atom. The highest BCUT2D eigenvalue weighted by Gasteiger charge is 2.11. The van der Waals surface area contributed by atoms with Crippen molar-refractivity contribution in [1.29, 1.82) is 0 Å². The molecule has 0 aliphatic rings. The first-order valence-corrected chi connectivity index (χ1v) is 8.85. The highest BCUT2D eigenvalue weighted by atomic mass is 35.5. The number of carbonyl (C=O) groups excluding carboxylic acids is 1. The minimum absolute atomic E-state index is 0.0846. The molecular weight excluding hydrogens is 356 g/mol. The van der Waals surface area contributed by atoms with Gasteiger partial charge in [-0.25, -0.2) is 0 Å². The summed E-state index contributed by atoms with van der Waals surface area (Å²) in [6, 6.07) is 12.4. The molecular formula is C19H21ClN2O2S. The summed E-state index contributed by atoms with van der Waals surface area (Å²) in [5.74, 6) is 0.216. The molecule has 0 spiro atoms. The maximum atomic E-state index is 12.1. The normalized spacial score (nSPS) is 11.6. The third-order valence-corrected chi connectivity index (χ3v) is 4.44. The van der Waals surface area contributed by atoms with Crippen molar-refractivity contribution in [3.05, 3.63) is 58.6 Å². The summed E-state index contributed by atoms with van der Waals surface area (Å²) < 4.78 is 0. The number of rotatable bonds is 5. The van der Waals surface area contributed by atoms with Crippen LogP contribution in [0.4, 0.5) is 5.69 Å². The lowest BCUT2D eigenvalue weighted by atomic mass is 9.98. The van der Waals surface area contributed by atoms with Crippen LogP contribution >= 0.6 is 23.8 Å². The number of hydrogen-bond acceptors (Lipinski definition) is 3. The molecule has 6 heteroatoms. The first-order valence-electron chi connectivity index (χ1n) is 8.07. The quantitative estimate of drug-likeness (QED) is 0.526. The van der Waals surface area contributed by atoms with Gasteiger partial charge in [0.2, 0.25) is 5.91 Å². The fourth-order valence-electron chi connectivity index (χ4n) is 2.31. The molecule has 132 valence electrons. The zero-order valence-electron chi connectivity index (χ0n) is 14.2. The first-order chi connectivity index (χ1) is 11.9. The molecule has 1 atom stereocenters. The Bertz CT molecular complexity index is 763. The number of aromatic hydroxyl groups is 1. The summed E-state index contributed by atoms with van der Waals surface area (Å²) in [4.78, 5) is 12.1. The molecule has 2 aromatic rings. The summed E-state index contributed by atoms with van der Waals surface area (Å²) in [5, 5.41) is 16.3. The zero-order valence-corrected chi connectivity index (χ0v) is 15.7. The number of phenolic OH excluding ortho intramolecular Hbond substituents is 1. The van der Waals surface area contributed by atoms with E-state index in [1.165, 1.54) is 0 Å². The molecule has 2 rings (SSSR count). The number of halogens is 1. The fraction of sp³-hybridized carbons (Fsp3) is 0.263. The number of phenols is 1. The van der Waals surface area contributed by atoms with Crippen LogP contribution in [0, 0.1) is 0 Å². The molecule has 1 unspecified atom stereocenters. The highest BCUT2D eigenvalue weighted by molar-refractivity contribution is 7.80. The van der Waals surface area contributed by atoms with Crippen molar-refractivity contribution in [2.75, 3.05) is 5.32 Å². The van der Waals surface area contributed by atoms with E-state index in [2.05, 4.69) is 24.5 Å². The summed E-state index contributed by atoms with van der Waals surface area (Å²) in [6.45, 7) is 4.22. The average molecular weight is 377 g/mol. The standard InChI is InChI=1S/C19H21ClN2O2S/c1-3-12(2)14-6-9-17(23)16(11-14)21-19(25)22-18(24)10-13-4-7-15(20)8-5-13/h4-9,11-12,23H,3,10H2,1-2H3,(H2,21,22,24,25). The van der Waals surface area contributed by atoms with Crippen molar-refractivity contribution in [3.63, 3.8) is 0 Å². The number of carbonyl (C=O) groups is 1. The van der Waals surface area contributed by atoms with E-state index in [0.717, 1.165) is 17.5 Å². The maximum Gasteiger partial charge on any atom is 0.230 e. The monoisotopic (exact) mass is 376 g/mol. The number of nitrogens with one attached hydrogen (secondary N) is 2. The summed E-state index contributed by atoms with van der Waals surface area (Å²) in [5.41, 5.74) is 2.42. The summed E-state index contributed by atoms with van der Waals surface area (Å²) in [6.07, 6.45) is 1.18. The van der Waals surface area contributed by atoms with Gasteiger partial charge in [-0.05, 0) is 59.9 Å². The SMILES string of the molecule is CCC(C)c1ccc(O)c(NC(=S)NC(=O)Cc2ccc(Cl)cc2)c1. The minimum atomic E-state index is -0.239. The van der Waals surface area contributed by atoms with Gasteiger partial charge in [0.15, 0.2) is 5.11 Å². The van der Waals surface area contributed by atoms with Crippen LogP contribution in [0.1, 0.15) is 37.3 Å². The third-order valence-electron chi connectivity index (χ3n) is 3.98. The Balaban J connectivity index is 1.97. The molecule has 0 radical (unpaired) electrons. The largest absolute Gasteiger partial charge is 0.506 e. The van der Waals surface area contributed by atoms with E-state index in [9.17, 15) is 9.90 Å². The van der Waals surface area contributed by atoms with Crippen molar-refractivity contribution in [1.82, 2.24) is 5.32 Å². The van der Waals surface area contributed by atoms with Crippen molar-refractivity contribution in [2.24, 2.45) is 0 Å². The summed E-state index contributed by atoms with van der Waals surface area (Å²) >= 11 is 11.0. The molecule has 0 bridgehead atoms. The smallest absolute Gasteiger partial charge is 0.230 e. The van der Waals surface area contributed by atoms with Gasteiger partial charge in [0, 0.05) is 5.02 Å². The average Bonchev–Trinajstić information content (AvgIpc) is 2.58. The van der Waals surface area contributed by atoms with Crippen LogP contribution in [0.3, 0.4) is 0 Å². The van der Waals surface area contributed by atoms with Crippen LogP contribution in [0.5, 0.6) is 5.75 Å². The second-order valence-corrected chi connectivity index (χ2v) is 6.74. The van der Waals surface area contributed by atoms with E-state index in [1.54, 1.807) is 30.3 Å². The van der Waals surface area contributed by atoms with Gasteiger partial charge in [0.05, 0.1) is 12.1 Å². The van der Waals surface area contributed by atoms with Gasteiger partial charge < -0.3 is 15.7 Å². The maximum absolute atomic E-state index is 12.1. The van der Waals surface area contributed by atoms with Crippen molar-refractivity contribution in [2.45, 2.75) is 32.6 Å². The van der Waals surface area contributed by atoms with Gasteiger partial charge in [0.25, 0.3) is 0 Å². The van der Waals surface area contributed by atoms with E-state index in [0.29, 0.717) is 16.6 Å². The van der Waals surface area contributed by atoms with Crippen LogP contribution in [0.15, 0.2) is 42.5 Å². The second-order valence-electron chi connectivity index (χ2n) is 5.89. The van der Waals surface area contributed by atoms with Gasteiger partial charge in [-0.2, -0.15) is 0 Å². The van der Waals surface area contributed by atoms with E-state index in [-0.39, 0.29) is 23.2 Å². The molecule has 0 aliphatic heterocycles. The highest BCUT2D eigenvalue weighted by Crippen LogP contribution is 2.29. The predicted octanol–water partition coefficient (Wildman–Crippen LogP) is 4.61. The predicted molar refractivity (Wildman–Crippen MR) is 106 cm³/mol. The van der Waals surface area contributed by atoms with Gasteiger partial charge in [-0.3, -0.25) is 4.79 Å². The third kappa shape index (κ3) is 5.73. The lowest BCUT2D eigenvalue weighted by molar-refractivity contribution is -0.119. The van der Waals surface area contributed by atoms with Crippen LogP contribution < -0.4 is 10.6 Å². The fourth-order valence-corrected chi connectivity index (χ4v) is 2.66. The van der Waals surface area contributed by atoms with E-state index in [1.807, 2.05) is 12.1 Å². The zero-order chi connectivity index (χ0) is 18.4. The molecule has 25 heavy (non-hydrogen) atoms. The first kappa shape index (κ1) is 19.2. The Morgan fingerprint density at radius 3 is 2.56 bits per heavy atom. The lowest BCUT2D eigenvalue weighted by Gasteiger charge is -2.14.